The van der Waals surface area contributed by atoms with E-state index in [1.54, 1.807) is 66.7 Å². The SMILES string of the molecule is CC(=O)O[C@@]12COC1C[C@H](O)[C@@]1(C)C(=O)[C@H](O[C@H]3O[C@H](CO)[C@@H](O)[C@H](O)[C@H]3O)C3=C(C)[C@@H](OC(=O)[C@H](O)[C@@H](NC(=O)c4ccccc4)c4ccccc4)C[C@@](O)([C@@H](OC(=O)c4ccccc4)C21)C3(C)C. The molecule has 3 aromatic rings. The number of esters is 3. The normalized spacial score (nSPS) is 36.3. The maximum Gasteiger partial charge on any atom is 0.338 e. The van der Waals surface area contributed by atoms with Crippen molar-refractivity contribution in [2.24, 2.45) is 16.7 Å². The van der Waals surface area contributed by atoms with Gasteiger partial charge in [-0.2, -0.15) is 0 Å². The minimum Gasteiger partial charge on any atom is -0.456 e. The van der Waals surface area contributed by atoms with Crippen LogP contribution in [0.15, 0.2) is 102 Å². The molecule has 8 N–H and O–H groups in total. The van der Waals surface area contributed by atoms with Gasteiger partial charge in [0.2, 0.25) is 0 Å². The molecular weight excluding hydrogens is 915 g/mol. The van der Waals surface area contributed by atoms with Gasteiger partial charge < -0.3 is 69.5 Å². The maximum atomic E-state index is 16.1. The highest BCUT2D eigenvalue weighted by atomic mass is 16.7. The Morgan fingerprint density at radius 3 is 2.01 bits per heavy atom. The Bertz CT molecular complexity index is 2490. The summed E-state index contributed by atoms with van der Waals surface area (Å²) < 4.78 is 36.9. The molecule has 2 heterocycles. The fraction of sp³-hybridized carbons (Fsp3) is 0.510. The number of Topliss-reactive ketones (excluding diaryl/α,β-unsaturated/α-hetero) is 1. The van der Waals surface area contributed by atoms with Gasteiger partial charge in [0.1, 0.15) is 54.4 Å². The fourth-order valence-electron chi connectivity index (χ4n) is 11.3. The van der Waals surface area contributed by atoms with E-state index in [1.165, 1.54) is 52.0 Å². The first kappa shape index (κ1) is 50.9. The second kappa shape index (κ2) is 19.3. The minimum atomic E-state index is -2.53. The summed E-state index contributed by atoms with van der Waals surface area (Å²) in [6, 6.07) is 22.5. The lowest BCUT2D eigenvalue weighted by molar-refractivity contribution is -0.349. The Morgan fingerprint density at radius 1 is 0.843 bits per heavy atom. The van der Waals surface area contributed by atoms with E-state index in [0.29, 0.717) is 5.56 Å². The zero-order valence-corrected chi connectivity index (χ0v) is 39.1. The van der Waals surface area contributed by atoms with Gasteiger partial charge in [0.05, 0.1) is 42.3 Å². The van der Waals surface area contributed by atoms with Crippen molar-refractivity contribution in [2.45, 2.75) is 132 Å². The molecule has 70 heavy (non-hydrogen) atoms. The second-order valence-corrected chi connectivity index (χ2v) is 19.6. The Balaban J connectivity index is 1.31. The number of ketones is 1. The molecule has 0 spiro atoms. The van der Waals surface area contributed by atoms with E-state index < -0.39 is 151 Å². The molecule has 2 bridgehead atoms. The van der Waals surface area contributed by atoms with Crippen LogP contribution in [0.25, 0.3) is 0 Å². The number of hydrogen-bond donors (Lipinski definition) is 8. The highest BCUT2D eigenvalue weighted by Gasteiger charge is 2.78. The predicted octanol–water partition coefficient (Wildman–Crippen LogP) is 0.989. The smallest absolute Gasteiger partial charge is 0.338 e. The molecule has 19 heteroatoms. The van der Waals surface area contributed by atoms with E-state index in [4.69, 9.17) is 28.4 Å². The Hall–Kier alpha value is -5.45. The van der Waals surface area contributed by atoms with Crippen LogP contribution in [0.5, 0.6) is 0 Å². The number of aliphatic hydroxyl groups excluding tert-OH is 6. The standard InChI is InChI=1S/C51H59NO18/c1-25-30(66-46(63)37(57)35(27-15-9-6-10-16-27)52-44(61)28-17-11-7-12-18-28)22-51(64)43(69-45(62)29-19-13-8-14-20-29)41-49(5,32(55)21-33-50(41,24-65-33)70-26(2)54)42(60)40(34(25)48(51,3)4)68-47-39(59)38(58)36(56)31(23-53)67-47/h6-20,30-33,35-41,43,47,53,55-59,64H,21-24H2,1-5H3,(H,52,61)/t30-,31+,32-,33?,35-,36+,37+,38-,39+,40+,41?,43-,47+,49+,50-,51+/m0/s1. The molecular formula is C51H59NO18. The third kappa shape index (κ3) is 8.44. The third-order valence-corrected chi connectivity index (χ3v) is 15.3. The van der Waals surface area contributed by atoms with E-state index in [-0.39, 0.29) is 28.7 Å². The topological polar surface area (TPSA) is 294 Å². The molecule has 2 aliphatic heterocycles. The first-order valence-electron chi connectivity index (χ1n) is 23.1. The second-order valence-electron chi connectivity index (χ2n) is 19.6. The van der Waals surface area contributed by atoms with Gasteiger partial charge in [0, 0.05) is 30.7 Å². The van der Waals surface area contributed by atoms with Crippen molar-refractivity contribution in [3.05, 3.63) is 119 Å². The van der Waals surface area contributed by atoms with Crippen LogP contribution in [0.1, 0.15) is 79.8 Å². The van der Waals surface area contributed by atoms with Crippen LogP contribution in [-0.4, -0.2) is 157 Å². The van der Waals surface area contributed by atoms with Crippen molar-refractivity contribution < 1.29 is 88.1 Å². The molecule has 2 saturated carbocycles. The van der Waals surface area contributed by atoms with Crippen LogP contribution in [-0.2, 0) is 42.8 Å². The van der Waals surface area contributed by atoms with Crippen molar-refractivity contribution >= 4 is 29.6 Å². The molecule has 2 saturated heterocycles. The number of nitrogens with one attached hydrogen (secondary N) is 1. The summed E-state index contributed by atoms with van der Waals surface area (Å²) in [5.74, 6) is -6.45. The largest absolute Gasteiger partial charge is 0.456 e. The fourth-order valence-corrected chi connectivity index (χ4v) is 11.3. The molecule has 16 atom stereocenters. The molecule has 3 aromatic carbocycles. The van der Waals surface area contributed by atoms with E-state index in [0.717, 1.165) is 6.92 Å². The van der Waals surface area contributed by atoms with Crippen LogP contribution in [0.3, 0.4) is 0 Å². The monoisotopic (exact) mass is 973 g/mol. The van der Waals surface area contributed by atoms with E-state index >= 15 is 4.79 Å². The number of aliphatic hydroxyl groups is 7. The molecule has 5 aliphatic rings. The van der Waals surface area contributed by atoms with Crippen molar-refractivity contribution in [2.75, 3.05) is 13.2 Å². The summed E-state index contributed by atoms with van der Waals surface area (Å²) in [7, 11) is 0. The summed E-state index contributed by atoms with van der Waals surface area (Å²) >= 11 is 0. The highest BCUT2D eigenvalue weighted by molar-refractivity contribution is 5.95. The average molecular weight is 974 g/mol. The van der Waals surface area contributed by atoms with E-state index in [9.17, 15) is 54.9 Å². The number of hydrogen-bond acceptors (Lipinski definition) is 18. The number of carbonyl (C=O) groups is 5. The molecule has 4 fully saturated rings. The Morgan fingerprint density at radius 2 is 1.44 bits per heavy atom. The molecule has 2 unspecified atom stereocenters. The predicted molar refractivity (Wildman–Crippen MR) is 241 cm³/mol. The van der Waals surface area contributed by atoms with Gasteiger partial charge in [-0.1, -0.05) is 80.6 Å². The number of fused-ring (bicyclic) bond motifs is 5. The molecule has 0 radical (unpaired) electrons. The summed E-state index contributed by atoms with van der Waals surface area (Å²) in [6.07, 6.45) is -20.9. The van der Waals surface area contributed by atoms with Crippen LogP contribution in [0, 0.1) is 16.7 Å². The van der Waals surface area contributed by atoms with Crippen molar-refractivity contribution in [1.82, 2.24) is 5.32 Å². The lowest BCUT2D eigenvalue weighted by atomic mass is 9.44. The first-order valence-corrected chi connectivity index (χ1v) is 23.1. The van der Waals surface area contributed by atoms with E-state index in [2.05, 4.69) is 5.32 Å². The van der Waals surface area contributed by atoms with Crippen LogP contribution in [0.2, 0.25) is 0 Å². The Kier molecular flexibility index (Phi) is 14.0. The van der Waals surface area contributed by atoms with Crippen molar-refractivity contribution in [3.63, 3.8) is 0 Å². The van der Waals surface area contributed by atoms with Gasteiger partial charge >= 0.3 is 17.9 Å². The van der Waals surface area contributed by atoms with Gasteiger partial charge in [0.25, 0.3) is 5.91 Å². The van der Waals surface area contributed by atoms with Gasteiger partial charge in [-0.05, 0) is 54.8 Å². The van der Waals surface area contributed by atoms with Gasteiger partial charge in [-0.3, -0.25) is 14.4 Å². The Labute approximate surface area is 402 Å². The molecule has 1 amide bonds. The van der Waals surface area contributed by atoms with E-state index in [1.807, 2.05) is 0 Å². The van der Waals surface area contributed by atoms with Crippen molar-refractivity contribution in [1.29, 1.82) is 0 Å². The highest BCUT2D eigenvalue weighted by Crippen LogP contribution is 2.64. The number of benzene rings is 3. The summed E-state index contributed by atoms with van der Waals surface area (Å²) in [4.78, 5) is 71.9. The zero-order valence-electron chi connectivity index (χ0n) is 39.1. The van der Waals surface area contributed by atoms with Crippen LogP contribution in [0.4, 0.5) is 0 Å². The van der Waals surface area contributed by atoms with Crippen LogP contribution < -0.4 is 5.32 Å². The molecule has 8 rings (SSSR count). The quantitative estimate of drug-likeness (QED) is 0.0713. The number of amides is 1. The maximum absolute atomic E-state index is 16.1. The molecule has 19 nitrogen and oxygen atoms in total. The minimum absolute atomic E-state index is 0.0143. The van der Waals surface area contributed by atoms with Crippen molar-refractivity contribution in [3.8, 4) is 0 Å². The molecule has 376 valence electrons. The summed E-state index contributed by atoms with van der Waals surface area (Å²) in [5.41, 5.74) is -7.99. The zero-order chi connectivity index (χ0) is 50.7. The summed E-state index contributed by atoms with van der Waals surface area (Å²) in [6.45, 7) is 5.65. The molecule has 0 aromatic heterocycles. The van der Waals surface area contributed by atoms with Crippen LogP contribution >= 0.6 is 0 Å². The number of ether oxygens (including phenoxy) is 6. The van der Waals surface area contributed by atoms with Gasteiger partial charge in [-0.25, -0.2) is 9.59 Å². The van der Waals surface area contributed by atoms with Gasteiger partial charge in [-0.15, -0.1) is 0 Å². The lowest BCUT2D eigenvalue weighted by Crippen LogP contribution is -2.82. The van der Waals surface area contributed by atoms with Gasteiger partial charge in [0.15, 0.2) is 23.8 Å². The lowest BCUT2D eigenvalue weighted by Gasteiger charge is -2.67. The number of rotatable bonds is 12. The average Bonchev–Trinajstić information content (AvgIpc) is 3.34. The third-order valence-electron chi connectivity index (χ3n) is 15.3. The summed E-state index contributed by atoms with van der Waals surface area (Å²) in [5, 5.41) is 84.0. The first-order chi connectivity index (χ1) is 33.1. The number of carbonyl (C=O) groups excluding carboxylic acids is 5. The molecule has 3 aliphatic carbocycles.